The molecule has 3 fully saturated rings. The average molecular weight is 636 g/mol. The number of nitriles is 1. The van der Waals surface area contributed by atoms with Crippen LogP contribution in [0, 0.1) is 16.7 Å². The first-order valence-electron chi connectivity index (χ1n) is 15.0. The number of carbonyl (C=O) groups is 1. The second-order valence-corrected chi connectivity index (χ2v) is 14.8. The van der Waals surface area contributed by atoms with Gasteiger partial charge in [0.1, 0.15) is 12.4 Å². The molecule has 44 heavy (non-hydrogen) atoms. The van der Waals surface area contributed by atoms with Crippen molar-refractivity contribution >= 4 is 44.0 Å². The molecule has 0 radical (unpaired) electrons. The van der Waals surface area contributed by atoms with Crippen LogP contribution in [0.5, 0.6) is 5.75 Å². The molecule has 230 valence electrons. The summed E-state index contributed by atoms with van der Waals surface area (Å²) in [5.41, 5.74) is 0.254. The van der Waals surface area contributed by atoms with E-state index in [2.05, 4.69) is 16.0 Å². The summed E-state index contributed by atoms with van der Waals surface area (Å²) in [5.74, 6) is 0.294. The number of amides is 1. The molecule has 1 amide bonds. The predicted molar refractivity (Wildman–Crippen MR) is 166 cm³/mol. The summed E-state index contributed by atoms with van der Waals surface area (Å²) < 4.78 is 40.3. The third-order valence-corrected chi connectivity index (χ3v) is 11.7. The molecule has 1 atom stereocenters. The number of halogens is 1. The Kier molecular flexibility index (Phi) is 7.54. The van der Waals surface area contributed by atoms with Gasteiger partial charge in [-0.2, -0.15) is 9.57 Å². The summed E-state index contributed by atoms with van der Waals surface area (Å²) in [4.78, 5) is 23.1. The van der Waals surface area contributed by atoms with Gasteiger partial charge in [0, 0.05) is 61.3 Å². The van der Waals surface area contributed by atoms with E-state index in [9.17, 15) is 18.5 Å². The maximum Gasteiger partial charge on any atom is 0.239 e. The normalized spacial score (nSPS) is 23.5. The van der Waals surface area contributed by atoms with Crippen molar-refractivity contribution in [3.05, 3.63) is 64.9 Å². The maximum absolute atomic E-state index is 14.6. The van der Waals surface area contributed by atoms with Gasteiger partial charge in [0.05, 0.1) is 47.8 Å². The fourth-order valence-corrected chi connectivity index (χ4v) is 8.95. The minimum Gasteiger partial charge on any atom is -0.492 e. The zero-order chi connectivity index (χ0) is 30.5. The van der Waals surface area contributed by atoms with Crippen LogP contribution in [0.4, 0.5) is 5.69 Å². The zero-order valence-corrected chi connectivity index (χ0v) is 25.9. The molecule has 1 unspecified atom stereocenters. The third kappa shape index (κ3) is 5.33. The van der Waals surface area contributed by atoms with Gasteiger partial charge in [-0.1, -0.05) is 17.7 Å². The number of pyridine rings is 1. The van der Waals surface area contributed by atoms with Crippen LogP contribution < -0.4 is 9.64 Å². The molecule has 1 spiro atoms. The molecule has 1 aromatic heterocycles. The molecule has 0 bridgehead atoms. The van der Waals surface area contributed by atoms with Gasteiger partial charge in [-0.15, -0.1) is 0 Å². The number of hydrogen-bond donors (Lipinski definition) is 0. The molecule has 4 heterocycles. The van der Waals surface area contributed by atoms with Crippen LogP contribution in [0.15, 0.2) is 48.8 Å². The number of carbonyl (C=O) groups excluding carboxylic acids is 1. The Labute approximate surface area is 262 Å². The number of hydrogen-bond acceptors (Lipinski definition) is 8. The number of fused-ring (bicyclic) bond motifs is 3. The number of ether oxygens (including phenoxy) is 2. The SMILES string of the molecule is N#CC1(CS(=O)(=O)N2Cc3ccc(Cl)cc3C3(CCN(c4cncc5ccc(OCCN6CCOCC6)cc45)C3=O)C2)CC1. The van der Waals surface area contributed by atoms with Crippen molar-refractivity contribution in [2.45, 2.75) is 31.2 Å². The highest BCUT2D eigenvalue weighted by Crippen LogP contribution is 2.49. The third-order valence-electron chi connectivity index (χ3n) is 9.52. The standard InChI is InChI=1S/C32H34ClN5O5S/c33-25-3-1-24-19-37(44(40,41)22-31(20-34)5-6-31)21-32(28(24)15-25)7-8-38(30(32)39)29-18-35-17-23-2-4-26(16-27(23)29)43-14-11-36-9-12-42-13-10-36/h1-4,15-18H,5-14,19,21-22H2. The lowest BCUT2D eigenvalue weighted by atomic mass is 9.74. The molecule has 0 N–H and O–H groups in total. The first-order valence-corrected chi connectivity index (χ1v) is 17.0. The Morgan fingerprint density at radius 3 is 2.66 bits per heavy atom. The van der Waals surface area contributed by atoms with Crippen LogP contribution in [0.25, 0.3) is 10.8 Å². The van der Waals surface area contributed by atoms with E-state index in [1.807, 2.05) is 30.3 Å². The monoisotopic (exact) mass is 635 g/mol. The molecule has 1 saturated carbocycles. The number of morpholine rings is 1. The quantitative estimate of drug-likeness (QED) is 0.368. The average Bonchev–Trinajstić information content (AvgIpc) is 3.73. The largest absolute Gasteiger partial charge is 0.492 e. The van der Waals surface area contributed by atoms with Crippen LogP contribution in [0.2, 0.25) is 5.02 Å². The lowest BCUT2D eigenvalue weighted by Crippen LogP contribution is -2.53. The van der Waals surface area contributed by atoms with Crippen molar-refractivity contribution in [1.82, 2.24) is 14.2 Å². The second kappa shape index (κ2) is 11.3. The lowest BCUT2D eigenvalue weighted by Gasteiger charge is -2.40. The molecular formula is C32H34ClN5O5S. The van der Waals surface area contributed by atoms with Crippen molar-refractivity contribution in [2.24, 2.45) is 5.41 Å². The van der Waals surface area contributed by atoms with Crippen molar-refractivity contribution in [1.29, 1.82) is 5.26 Å². The fourth-order valence-electron chi connectivity index (χ4n) is 6.79. The van der Waals surface area contributed by atoms with Gasteiger partial charge in [0.2, 0.25) is 15.9 Å². The van der Waals surface area contributed by atoms with E-state index < -0.39 is 20.9 Å². The topological polar surface area (TPSA) is 116 Å². The summed E-state index contributed by atoms with van der Waals surface area (Å²) in [6.07, 6.45) is 5.03. The van der Waals surface area contributed by atoms with Gasteiger partial charge < -0.3 is 14.4 Å². The molecule has 7 rings (SSSR count). The van der Waals surface area contributed by atoms with Crippen LogP contribution >= 0.6 is 11.6 Å². The highest BCUT2D eigenvalue weighted by atomic mass is 35.5. The van der Waals surface area contributed by atoms with Crippen LogP contribution in [-0.4, -0.2) is 86.8 Å². The number of rotatable bonds is 8. The fraction of sp³-hybridized carbons (Fsp3) is 0.469. The van der Waals surface area contributed by atoms with Gasteiger partial charge in [-0.05, 0) is 60.7 Å². The Bertz CT molecular complexity index is 1770. The first-order chi connectivity index (χ1) is 21.2. The number of aromatic nitrogens is 1. The van der Waals surface area contributed by atoms with Crippen molar-refractivity contribution in [3.8, 4) is 11.8 Å². The van der Waals surface area contributed by atoms with Crippen molar-refractivity contribution in [2.75, 3.05) is 63.2 Å². The summed E-state index contributed by atoms with van der Waals surface area (Å²) in [6, 6.07) is 13.4. The molecule has 4 aliphatic rings. The Balaban J connectivity index is 1.19. The van der Waals surface area contributed by atoms with Gasteiger partial charge in [0.15, 0.2) is 0 Å². The van der Waals surface area contributed by atoms with E-state index in [0.717, 1.165) is 54.7 Å². The smallest absolute Gasteiger partial charge is 0.239 e. The van der Waals surface area contributed by atoms with E-state index in [0.29, 0.717) is 48.9 Å². The Morgan fingerprint density at radius 2 is 1.89 bits per heavy atom. The van der Waals surface area contributed by atoms with Crippen LogP contribution in [-0.2, 0) is 31.5 Å². The van der Waals surface area contributed by atoms with Gasteiger partial charge >= 0.3 is 0 Å². The van der Waals surface area contributed by atoms with Crippen LogP contribution in [0.1, 0.15) is 30.4 Å². The zero-order valence-electron chi connectivity index (χ0n) is 24.4. The second-order valence-electron chi connectivity index (χ2n) is 12.4. The maximum atomic E-state index is 14.6. The van der Waals surface area contributed by atoms with Crippen molar-refractivity contribution in [3.63, 3.8) is 0 Å². The number of anilines is 1. The highest BCUT2D eigenvalue weighted by Gasteiger charge is 2.56. The molecule has 3 aromatic rings. The van der Waals surface area contributed by atoms with E-state index in [4.69, 9.17) is 21.1 Å². The van der Waals surface area contributed by atoms with E-state index in [1.165, 1.54) is 4.31 Å². The van der Waals surface area contributed by atoms with E-state index in [1.54, 1.807) is 23.4 Å². The van der Waals surface area contributed by atoms with Gasteiger partial charge in [-0.3, -0.25) is 14.7 Å². The predicted octanol–water partition coefficient (Wildman–Crippen LogP) is 3.72. The Morgan fingerprint density at radius 1 is 1.07 bits per heavy atom. The minimum atomic E-state index is -3.80. The molecule has 2 saturated heterocycles. The van der Waals surface area contributed by atoms with E-state index >= 15 is 0 Å². The summed E-state index contributed by atoms with van der Waals surface area (Å²) in [5, 5.41) is 11.8. The molecular weight excluding hydrogens is 602 g/mol. The lowest BCUT2D eigenvalue weighted by molar-refractivity contribution is -0.122. The number of benzene rings is 2. The van der Waals surface area contributed by atoms with Gasteiger partial charge in [-0.25, -0.2) is 8.42 Å². The Hall–Kier alpha value is -3.27. The summed E-state index contributed by atoms with van der Waals surface area (Å²) in [6.45, 7) is 5.13. The number of nitrogens with zero attached hydrogens (tertiary/aromatic N) is 5. The molecule has 3 aliphatic heterocycles. The summed E-state index contributed by atoms with van der Waals surface area (Å²) in [7, 11) is -3.80. The van der Waals surface area contributed by atoms with Crippen LogP contribution in [0.3, 0.4) is 0 Å². The first kappa shape index (κ1) is 29.4. The van der Waals surface area contributed by atoms with E-state index in [-0.39, 0.29) is 24.7 Å². The molecule has 10 nitrogen and oxygen atoms in total. The van der Waals surface area contributed by atoms with Crippen molar-refractivity contribution < 1.29 is 22.7 Å². The minimum absolute atomic E-state index is 0.00755. The molecule has 12 heteroatoms. The molecule has 1 aliphatic carbocycles. The highest BCUT2D eigenvalue weighted by molar-refractivity contribution is 7.89. The molecule has 2 aromatic carbocycles. The summed E-state index contributed by atoms with van der Waals surface area (Å²) >= 11 is 6.44. The van der Waals surface area contributed by atoms with Gasteiger partial charge in [0.25, 0.3) is 0 Å². The number of sulfonamides is 1.